The molecule has 1 aromatic carbocycles. The first-order chi connectivity index (χ1) is 11.7. The predicted molar refractivity (Wildman–Crippen MR) is 99.7 cm³/mol. The lowest BCUT2D eigenvalue weighted by Gasteiger charge is -2.26. The van der Waals surface area contributed by atoms with Gasteiger partial charge in [-0.05, 0) is 42.5 Å². The second kappa shape index (κ2) is 7.89. The highest BCUT2D eigenvalue weighted by molar-refractivity contribution is 5.94. The van der Waals surface area contributed by atoms with E-state index in [1.54, 1.807) is 0 Å². The highest BCUT2D eigenvalue weighted by atomic mass is 16.5. The van der Waals surface area contributed by atoms with Gasteiger partial charge in [0.25, 0.3) is 0 Å². The minimum atomic E-state index is -0.453. The zero-order valence-corrected chi connectivity index (χ0v) is 15.9. The van der Waals surface area contributed by atoms with E-state index in [1.807, 2.05) is 39.0 Å². The number of hydrogen-bond donors (Lipinski definition) is 2. The Morgan fingerprint density at radius 1 is 1.28 bits per heavy atom. The molecule has 1 unspecified atom stereocenters. The van der Waals surface area contributed by atoms with E-state index < -0.39 is 5.41 Å². The van der Waals surface area contributed by atoms with Crippen LogP contribution in [0.25, 0.3) is 0 Å². The number of anilines is 1. The van der Waals surface area contributed by atoms with Crippen molar-refractivity contribution < 1.29 is 14.3 Å². The average Bonchev–Trinajstić information content (AvgIpc) is 2.52. The SMILES string of the molecule is CC(C)CCNC(=O)C1COc2ccc(NC(=O)C(C)(C)C)cc2C1. The number of carbonyl (C=O) groups excluding carboxylic acids is 2. The molecule has 5 nitrogen and oxygen atoms in total. The predicted octanol–water partition coefficient (Wildman–Crippen LogP) is 3.38. The molecule has 2 rings (SSSR count). The van der Waals surface area contributed by atoms with E-state index >= 15 is 0 Å². The minimum Gasteiger partial charge on any atom is -0.492 e. The van der Waals surface area contributed by atoms with Crippen LogP contribution in [-0.2, 0) is 16.0 Å². The number of rotatable bonds is 5. The monoisotopic (exact) mass is 346 g/mol. The van der Waals surface area contributed by atoms with Crippen LogP contribution >= 0.6 is 0 Å². The van der Waals surface area contributed by atoms with E-state index in [0.717, 1.165) is 23.4 Å². The van der Waals surface area contributed by atoms with Gasteiger partial charge in [0.2, 0.25) is 11.8 Å². The van der Waals surface area contributed by atoms with Crippen LogP contribution in [0.4, 0.5) is 5.69 Å². The number of benzene rings is 1. The average molecular weight is 346 g/mol. The second-order valence-corrected chi connectivity index (χ2v) is 8.21. The first kappa shape index (κ1) is 19.3. The summed E-state index contributed by atoms with van der Waals surface area (Å²) >= 11 is 0. The number of ether oxygens (including phenoxy) is 1. The van der Waals surface area contributed by atoms with E-state index in [-0.39, 0.29) is 17.7 Å². The van der Waals surface area contributed by atoms with Crippen molar-refractivity contribution in [2.24, 2.45) is 17.3 Å². The second-order valence-electron chi connectivity index (χ2n) is 8.21. The molecular weight excluding hydrogens is 316 g/mol. The summed E-state index contributed by atoms with van der Waals surface area (Å²) in [4.78, 5) is 24.5. The molecule has 0 radical (unpaired) electrons. The van der Waals surface area contributed by atoms with Crippen molar-refractivity contribution in [1.29, 1.82) is 0 Å². The van der Waals surface area contributed by atoms with Gasteiger partial charge in [-0.25, -0.2) is 0 Å². The summed E-state index contributed by atoms with van der Waals surface area (Å²) in [6.45, 7) is 11.0. The lowest BCUT2D eigenvalue weighted by atomic mass is 9.94. The van der Waals surface area contributed by atoms with Crippen molar-refractivity contribution >= 4 is 17.5 Å². The maximum atomic E-state index is 12.3. The third kappa shape index (κ3) is 5.48. The molecule has 25 heavy (non-hydrogen) atoms. The molecule has 0 aliphatic carbocycles. The molecule has 2 amide bonds. The molecule has 0 saturated carbocycles. The third-order valence-electron chi connectivity index (χ3n) is 4.30. The molecule has 138 valence electrons. The van der Waals surface area contributed by atoms with Crippen LogP contribution in [0.15, 0.2) is 18.2 Å². The maximum absolute atomic E-state index is 12.3. The van der Waals surface area contributed by atoms with Crippen molar-refractivity contribution in [3.8, 4) is 5.75 Å². The van der Waals surface area contributed by atoms with Crippen molar-refractivity contribution in [3.63, 3.8) is 0 Å². The van der Waals surface area contributed by atoms with Gasteiger partial charge < -0.3 is 15.4 Å². The van der Waals surface area contributed by atoms with Crippen molar-refractivity contribution in [2.45, 2.75) is 47.5 Å². The molecule has 0 fully saturated rings. The van der Waals surface area contributed by atoms with E-state index in [0.29, 0.717) is 25.5 Å². The smallest absolute Gasteiger partial charge is 0.229 e. The van der Waals surface area contributed by atoms with Gasteiger partial charge in [0.05, 0.1) is 5.92 Å². The largest absolute Gasteiger partial charge is 0.492 e. The topological polar surface area (TPSA) is 67.4 Å². The van der Waals surface area contributed by atoms with E-state index in [1.165, 1.54) is 0 Å². The molecule has 1 aromatic rings. The van der Waals surface area contributed by atoms with E-state index in [4.69, 9.17) is 4.74 Å². The van der Waals surface area contributed by atoms with Gasteiger partial charge in [-0.15, -0.1) is 0 Å². The minimum absolute atomic E-state index is 0.0350. The Balaban J connectivity index is 2.00. The Labute approximate surface area is 150 Å². The molecule has 0 spiro atoms. The standard InChI is InChI=1S/C20H30N2O3/c1-13(2)8-9-21-18(23)15-10-14-11-16(6-7-17(14)25-12-15)22-19(24)20(3,4)5/h6-7,11,13,15H,8-10,12H2,1-5H3,(H,21,23)(H,22,24). The van der Waals surface area contributed by atoms with Gasteiger partial charge in [-0.3, -0.25) is 9.59 Å². The molecule has 5 heteroatoms. The van der Waals surface area contributed by atoms with Gasteiger partial charge in [0.15, 0.2) is 0 Å². The van der Waals surface area contributed by atoms with Crippen LogP contribution in [0.3, 0.4) is 0 Å². The number of fused-ring (bicyclic) bond motifs is 1. The van der Waals surface area contributed by atoms with Crippen molar-refractivity contribution in [1.82, 2.24) is 5.32 Å². The van der Waals surface area contributed by atoms with Crippen LogP contribution in [-0.4, -0.2) is 25.0 Å². The molecule has 0 aromatic heterocycles. The Kier molecular flexibility index (Phi) is 6.09. The van der Waals surface area contributed by atoms with Crippen LogP contribution in [0.2, 0.25) is 0 Å². The molecule has 1 aliphatic rings. The highest BCUT2D eigenvalue weighted by Crippen LogP contribution is 2.30. The summed E-state index contributed by atoms with van der Waals surface area (Å²) in [5, 5.41) is 5.92. The summed E-state index contributed by atoms with van der Waals surface area (Å²) in [7, 11) is 0. The number of hydrogen-bond acceptors (Lipinski definition) is 3. The molecule has 1 atom stereocenters. The van der Waals surface area contributed by atoms with Crippen LogP contribution < -0.4 is 15.4 Å². The van der Waals surface area contributed by atoms with Gasteiger partial charge in [0.1, 0.15) is 12.4 Å². The fourth-order valence-corrected chi connectivity index (χ4v) is 2.59. The zero-order valence-electron chi connectivity index (χ0n) is 15.9. The Morgan fingerprint density at radius 2 is 2.00 bits per heavy atom. The number of nitrogens with one attached hydrogen (secondary N) is 2. The van der Waals surface area contributed by atoms with Crippen LogP contribution in [0.1, 0.15) is 46.6 Å². The Morgan fingerprint density at radius 3 is 2.64 bits per heavy atom. The summed E-state index contributed by atoms with van der Waals surface area (Å²) in [5.41, 5.74) is 1.25. The zero-order chi connectivity index (χ0) is 18.6. The van der Waals surface area contributed by atoms with Crippen LogP contribution in [0, 0.1) is 17.3 Å². The molecule has 0 saturated heterocycles. The van der Waals surface area contributed by atoms with Crippen molar-refractivity contribution in [3.05, 3.63) is 23.8 Å². The fraction of sp³-hybridized carbons (Fsp3) is 0.600. The summed E-state index contributed by atoms with van der Waals surface area (Å²) in [6.07, 6.45) is 1.60. The third-order valence-corrected chi connectivity index (χ3v) is 4.30. The first-order valence-corrected chi connectivity index (χ1v) is 9.01. The van der Waals surface area contributed by atoms with E-state index in [9.17, 15) is 9.59 Å². The maximum Gasteiger partial charge on any atom is 0.229 e. The fourth-order valence-electron chi connectivity index (χ4n) is 2.59. The summed E-state index contributed by atoms with van der Waals surface area (Å²) < 4.78 is 5.74. The van der Waals surface area contributed by atoms with E-state index in [2.05, 4.69) is 24.5 Å². The summed E-state index contributed by atoms with van der Waals surface area (Å²) in [5.74, 6) is 1.17. The van der Waals surface area contributed by atoms with Crippen LogP contribution in [0.5, 0.6) is 5.75 Å². The van der Waals surface area contributed by atoms with Gasteiger partial charge >= 0.3 is 0 Å². The lowest BCUT2D eigenvalue weighted by Crippen LogP contribution is -2.38. The number of carbonyl (C=O) groups is 2. The quantitative estimate of drug-likeness (QED) is 0.859. The Bertz CT molecular complexity index is 632. The van der Waals surface area contributed by atoms with Gasteiger partial charge in [0, 0.05) is 17.6 Å². The molecule has 0 bridgehead atoms. The molecular formula is C20H30N2O3. The lowest BCUT2D eigenvalue weighted by molar-refractivity contribution is -0.126. The Hall–Kier alpha value is -2.04. The molecule has 1 heterocycles. The van der Waals surface area contributed by atoms with Gasteiger partial charge in [-0.1, -0.05) is 34.6 Å². The highest BCUT2D eigenvalue weighted by Gasteiger charge is 2.27. The molecule has 1 aliphatic heterocycles. The number of amides is 2. The van der Waals surface area contributed by atoms with Crippen molar-refractivity contribution in [2.75, 3.05) is 18.5 Å². The van der Waals surface area contributed by atoms with Gasteiger partial charge in [-0.2, -0.15) is 0 Å². The molecule has 2 N–H and O–H groups in total. The first-order valence-electron chi connectivity index (χ1n) is 9.01. The summed E-state index contributed by atoms with van der Waals surface area (Å²) in [6, 6.07) is 5.61. The normalized spacial score (nSPS) is 16.8.